The van der Waals surface area contributed by atoms with Crippen molar-refractivity contribution in [2.75, 3.05) is 0 Å². The zero-order valence-electron chi connectivity index (χ0n) is 9.45. The third-order valence-electron chi connectivity index (χ3n) is 3.41. The Balaban J connectivity index is 1.93. The summed E-state index contributed by atoms with van der Waals surface area (Å²) < 4.78 is 0. The van der Waals surface area contributed by atoms with Crippen molar-refractivity contribution in [2.45, 2.75) is 38.5 Å². The second-order valence-electron chi connectivity index (χ2n) is 4.53. The Morgan fingerprint density at radius 2 is 1.38 bits per heavy atom. The van der Waals surface area contributed by atoms with Crippen LogP contribution in [0.25, 0.3) is 11.1 Å². The van der Waals surface area contributed by atoms with E-state index < -0.39 is 0 Å². The van der Waals surface area contributed by atoms with Crippen LogP contribution in [-0.4, -0.2) is 9.97 Å². The van der Waals surface area contributed by atoms with Crippen molar-refractivity contribution in [1.82, 2.24) is 9.97 Å². The third-order valence-corrected chi connectivity index (χ3v) is 3.41. The standard InChI is InChI=1S/C14H16N2/c1-2-6-11(5-1)13-9-14(16-10-15-13)12-7-3-4-8-12/h5,7,9-10H,1-4,6,8H2. The number of allylic oxidation sites excluding steroid dienone is 4. The fourth-order valence-corrected chi connectivity index (χ4v) is 2.52. The first-order chi connectivity index (χ1) is 7.93. The van der Waals surface area contributed by atoms with Gasteiger partial charge in [0.05, 0.1) is 11.4 Å². The highest BCUT2D eigenvalue weighted by Gasteiger charge is 2.12. The molecular weight excluding hydrogens is 196 g/mol. The molecule has 16 heavy (non-hydrogen) atoms. The van der Waals surface area contributed by atoms with Crippen molar-refractivity contribution in [3.05, 3.63) is 35.9 Å². The third kappa shape index (κ3) is 1.80. The maximum Gasteiger partial charge on any atom is 0.116 e. The molecule has 0 unspecified atom stereocenters. The predicted octanol–water partition coefficient (Wildman–Crippen LogP) is 3.61. The minimum absolute atomic E-state index is 1.13. The van der Waals surface area contributed by atoms with Crippen LogP contribution in [0.3, 0.4) is 0 Å². The van der Waals surface area contributed by atoms with Crippen LogP contribution in [0.15, 0.2) is 24.5 Å². The van der Waals surface area contributed by atoms with Gasteiger partial charge in [0.1, 0.15) is 6.33 Å². The number of rotatable bonds is 2. The summed E-state index contributed by atoms with van der Waals surface area (Å²) in [6.45, 7) is 0. The molecule has 0 saturated carbocycles. The molecule has 0 radical (unpaired) electrons. The molecule has 0 atom stereocenters. The van der Waals surface area contributed by atoms with Gasteiger partial charge in [0.25, 0.3) is 0 Å². The lowest BCUT2D eigenvalue weighted by Crippen LogP contribution is -1.93. The van der Waals surface area contributed by atoms with Gasteiger partial charge in [-0.1, -0.05) is 12.2 Å². The zero-order valence-corrected chi connectivity index (χ0v) is 9.45. The second-order valence-corrected chi connectivity index (χ2v) is 4.53. The van der Waals surface area contributed by atoms with E-state index in [1.807, 2.05) is 0 Å². The van der Waals surface area contributed by atoms with Crippen molar-refractivity contribution >= 4 is 11.1 Å². The predicted molar refractivity (Wildman–Crippen MR) is 65.7 cm³/mol. The highest BCUT2D eigenvalue weighted by molar-refractivity contribution is 5.70. The Kier molecular flexibility index (Phi) is 2.56. The molecule has 0 bridgehead atoms. The smallest absolute Gasteiger partial charge is 0.116 e. The van der Waals surface area contributed by atoms with Gasteiger partial charge in [-0.2, -0.15) is 0 Å². The molecule has 1 aromatic heterocycles. The molecule has 0 amide bonds. The molecule has 2 aliphatic rings. The Bertz CT molecular complexity index is 418. The van der Waals surface area contributed by atoms with Crippen LogP contribution in [0.2, 0.25) is 0 Å². The maximum absolute atomic E-state index is 4.39. The summed E-state index contributed by atoms with van der Waals surface area (Å²) >= 11 is 0. The molecule has 2 heteroatoms. The Hall–Kier alpha value is -1.44. The zero-order chi connectivity index (χ0) is 10.8. The molecule has 0 saturated heterocycles. The van der Waals surface area contributed by atoms with Crippen molar-refractivity contribution < 1.29 is 0 Å². The SMILES string of the molecule is C1=C(c2cc(C3=CCCC3)ncn2)CCC1. The lowest BCUT2D eigenvalue weighted by atomic mass is 10.1. The van der Waals surface area contributed by atoms with Gasteiger partial charge in [-0.25, -0.2) is 9.97 Å². The fourth-order valence-electron chi connectivity index (χ4n) is 2.52. The van der Waals surface area contributed by atoms with E-state index in [0.29, 0.717) is 0 Å². The first-order valence-electron chi connectivity index (χ1n) is 6.14. The van der Waals surface area contributed by atoms with Crippen LogP contribution in [0.4, 0.5) is 0 Å². The molecule has 0 N–H and O–H groups in total. The molecule has 2 nitrogen and oxygen atoms in total. The summed E-state index contributed by atoms with van der Waals surface area (Å²) in [6, 6.07) is 2.16. The van der Waals surface area contributed by atoms with Gasteiger partial charge in [-0.05, 0) is 55.7 Å². The fraction of sp³-hybridized carbons (Fsp3) is 0.429. The highest BCUT2D eigenvalue weighted by Crippen LogP contribution is 2.30. The summed E-state index contributed by atoms with van der Waals surface area (Å²) in [7, 11) is 0. The average molecular weight is 212 g/mol. The Morgan fingerprint density at radius 1 is 0.812 bits per heavy atom. The summed E-state index contributed by atoms with van der Waals surface area (Å²) in [5.74, 6) is 0. The molecule has 2 aliphatic carbocycles. The van der Waals surface area contributed by atoms with Crippen molar-refractivity contribution in [2.24, 2.45) is 0 Å². The lowest BCUT2D eigenvalue weighted by molar-refractivity contribution is 0.927. The highest BCUT2D eigenvalue weighted by atomic mass is 14.8. The number of nitrogens with zero attached hydrogens (tertiary/aromatic N) is 2. The van der Waals surface area contributed by atoms with E-state index in [1.165, 1.54) is 49.7 Å². The van der Waals surface area contributed by atoms with E-state index in [2.05, 4.69) is 28.2 Å². The molecule has 0 spiro atoms. The summed E-state index contributed by atoms with van der Waals surface area (Å²) in [5.41, 5.74) is 5.08. The van der Waals surface area contributed by atoms with Crippen molar-refractivity contribution in [1.29, 1.82) is 0 Å². The largest absolute Gasteiger partial charge is 0.237 e. The molecule has 0 aromatic carbocycles. The van der Waals surface area contributed by atoms with E-state index in [9.17, 15) is 0 Å². The van der Waals surface area contributed by atoms with Gasteiger partial charge < -0.3 is 0 Å². The van der Waals surface area contributed by atoms with Gasteiger partial charge in [0, 0.05) is 0 Å². The van der Waals surface area contributed by atoms with Crippen LogP contribution >= 0.6 is 0 Å². The van der Waals surface area contributed by atoms with Crippen LogP contribution in [-0.2, 0) is 0 Å². The van der Waals surface area contributed by atoms with Gasteiger partial charge >= 0.3 is 0 Å². The molecule has 0 aliphatic heterocycles. The monoisotopic (exact) mass is 212 g/mol. The summed E-state index contributed by atoms with van der Waals surface area (Å²) in [6.07, 6.45) is 13.7. The first-order valence-corrected chi connectivity index (χ1v) is 6.14. The second kappa shape index (κ2) is 4.20. The molecule has 1 heterocycles. The maximum atomic E-state index is 4.39. The van der Waals surface area contributed by atoms with E-state index in [-0.39, 0.29) is 0 Å². The Labute approximate surface area is 96.1 Å². The van der Waals surface area contributed by atoms with Crippen LogP contribution in [0.5, 0.6) is 0 Å². The molecule has 3 rings (SSSR count). The minimum Gasteiger partial charge on any atom is -0.237 e. The van der Waals surface area contributed by atoms with Crippen LogP contribution in [0.1, 0.15) is 49.9 Å². The summed E-state index contributed by atoms with van der Waals surface area (Å²) in [5, 5.41) is 0. The molecule has 82 valence electrons. The van der Waals surface area contributed by atoms with Crippen molar-refractivity contribution in [3.8, 4) is 0 Å². The van der Waals surface area contributed by atoms with E-state index >= 15 is 0 Å². The van der Waals surface area contributed by atoms with Gasteiger partial charge in [-0.15, -0.1) is 0 Å². The van der Waals surface area contributed by atoms with E-state index in [4.69, 9.17) is 0 Å². The molecule has 0 fully saturated rings. The van der Waals surface area contributed by atoms with Crippen LogP contribution in [0, 0.1) is 0 Å². The number of hydrogen-bond acceptors (Lipinski definition) is 2. The molecule has 1 aromatic rings. The van der Waals surface area contributed by atoms with E-state index in [0.717, 1.165) is 11.4 Å². The Morgan fingerprint density at radius 3 is 1.81 bits per heavy atom. The number of hydrogen-bond donors (Lipinski definition) is 0. The van der Waals surface area contributed by atoms with Crippen molar-refractivity contribution in [3.63, 3.8) is 0 Å². The van der Waals surface area contributed by atoms with Crippen LogP contribution < -0.4 is 0 Å². The van der Waals surface area contributed by atoms with Gasteiger partial charge in [0.15, 0.2) is 0 Å². The minimum atomic E-state index is 1.13. The van der Waals surface area contributed by atoms with E-state index in [1.54, 1.807) is 6.33 Å². The van der Waals surface area contributed by atoms with Gasteiger partial charge in [0.2, 0.25) is 0 Å². The normalized spacial score (nSPS) is 19.8. The number of aromatic nitrogens is 2. The first kappa shape index (κ1) is 9.76. The summed E-state index contributed by atoms with van der Waals surface area (Å²) in [4.78, 5) is 8.77. The topological polar surface area (TPSA) is 25.8 Å². The van der Waals surface area contributed by atoms with Gasteiger partial charge in [-0.3, -0.25) is 0 Å². The quantitative estimate of drug-likeness (QED) is 0.748. The molecular formula is C14H16N2. The lowest BCUT2D eigenvalue weighted by Gasteiger charge is -2.05. The average Bonchev–Trinajstić information content (AvgIpc) is 3.03.